The van der Waals surface area contributed by atoms with Crippen molar-refractivity contribution in [3.8, 4) is 0 Å². The van der Waals surface area contributed by atoms with Gasteiger partial charge in [0.25, 0.3) is 0 Å². The molecule has 2 bridgehead atoms. The predicted molar refractivity (Wildman–Crippen MR) is 53.1 cm³/mol. The van der Waals surface area contributed by atoms with Crippen molar-refractivity contribution in [3.63, 3.8) is 0 Å². The Morgan fingerprint density at radius 3 is 2.00 bits per heavy atom. The quantitative estimate of drug-likeness (QED) is 0.581. The number of hydrogen-bond donors (Lipinski definition) is 0. The van der Waals surface area contributed by atoms with E-state index in [4.69, 9.17) is 0 Å². The summed E-state index contributed by atoms with van der Waals surface area (Å²) in [6, 6.07) is 0. The van der Waals surface area contributed by atoms with Crippen molar-refractivity contribution >= 4 is 0 Å². The fraction of sp³-hybridized carbons (Fsp3) is 1.00. The van der Waals surface area contributed by atoms with Gasteiger partial charge in [-0.3, -0.25) is 0 Å². The summed E-state index contributed by atoms with van der Waals surface area (Å²) >= 11 is 0. The van der Waals surface area contributed by atoms with Crippen molar-refractivity contribution in [2.75, 3.05) is 0 Å². The Bertz CT molecular complexity index is 136. The Hall–Kier alpha value is 0. The molecular weight excluding hydrogens is 144 g/mol. The maximum absolute atomic E-state index is 2.38. The van der Waals surface area contributed by atoms with Crippen LogP contribution >= 0.6 is 0 Å². The summed E-state index contributed by atoms with van der Waals surface area (Å²) in [5.41, 5.74) is 0.808. The molecule has 3 aliphatic rings. The summed E-state index contributed by atoms with van der Waals surface area (Å²) in [6.07, 6.45) is 10.8. The highest BCUT2D eigenvalue weighted by atomic mass is 14.4. The smallest absolute Gasteiger partial charge is 0.0295 e. The fourth-order valence-electron chi connectivity index (χ4n) is 3.51. The molecule has 0 saturated heterocycles. The van der Waals surface area contributed by atoms with Gasteiger partial charge in [-0.2, -0.15) is 0 Å². The molecule has 70 valence electrons. The molecule has 0 nitrogen and oxygen atoms in total. The summed E-state index contributed by atoms with van der Waals surface area (Å²) in [4.78, 5) is 0. The lowest BCUT2D eigenvalue weighted by Gasteiger charge is -2.47. The number of hydrogen-bond acceptors (Lipinski definition) is 0. The van der Waals surface area contributed by atoms with Crippen LogP contribution in [0.4, 0.5) is 0 Å². The minimum Gasteiger partial charge on any atom is -0.0628 e. The molecule has 3 saturated carbocycles. The molecule has 0 unspecified atom stereocenters. The Morgan fingerprint density at radius 1 is 1.08 bits per heavy atom. The van der Waals surface area contributed by atoms with Crippen LogP contribution in [0.25, 0.3) is 0 Å². The van der Waals surface area contributed by atoms with E-state index >= 15 is 0 Å². The molecule has 0 aromatic carbocycles. The second-order valence-electron chi connectivity index (χ2n) is 5.58. The average molecular weight is 166 g/mol. The zero-order chi connectivity index (χ0) is 8.60. The van der Waals surface area contributed by atoms with Gasteiger partial charge in [-0.05, 0) is 62.2 Å². The van der Waals surface area contributed by atoms with Crippen molar-refractivity contribution in [2.45, 2.75) is 58.8 Å². The highest BCUT2D eigenvalue weighted by Gasteiger charge is 2.40. The van der Waals surface area contributed by atoms with Gasteiger partial charge in [0.1, 0.15) is 0 Å². The standard InChI is InChI=1S/C12H22/c1-10(2)9-12-6-3-11(4-7-12)5-8-12/h10-11H,3-9H2,1-2H3. The molecular formula is C12H22. The number of fused-ring (bicyclic) bond motifs is 3. The average Bonchev–Trinajstić information content (AvgIpc) is 2.05. The van der Waals surface area contributed by atoms with Crippen molar-refractivity contribution in [1.29, 1.82) is 0 Å². The van der Waals surface area contributed by atoms with Crippen molar-refractivity contribution < 1.29 is 0 Å². The second-order valence-corrected chi connectivity index (χ2v) is 5.58. The van der Waals surface area contributed by atoms with E-state index in [0.717, 1.165) is 17.3 Å². The third-order valence-corrected chi connectivity index (χ3v) is 4.09. The molecule has 12 heavy (non-hydrogen) atoms. The molecule has 3 aliphatic carbocycles. The molecule has 0 N–H and O–H groups in total. The predicted octanol–water partition coefficient (Wildman–Crippen LogP) is 4.00. The highest BCUT2D eigenvalue weighted by molar-refractivity contribution is 4.91. The number of rotatable bonds is 2. The van der Waals surface area contributed by atoms with E-state index in [1.54, 1.807) is 38.5 Å². The molecule has 0 amide bonds. The van der Waals surface area contributed by atoms with Crippen LogP contribution in [0.3, 0.4) is 0 Å². The van der Waals surface area contributed by atoms with Gasteiger partial charge in [0.15, 0.2) is 0 Å². The van der Waals surface area contributed by atoms with E-state index in [1.165, 1.54) is 6.42 Å². The lowest BCUT2D eigenvalue weighted by molar-refractivity contribution is 0.0450. The minimum absolute atomic E-state index is 0.808. The van der Waals surface area contributed by atoms with Crippen LogP contribution in [0.2, 0.25) is 0 Å². The lowest BCUT2D eigenvalue weighted by Crippen LogP contribution is -2.34. The van der Waals surface area contributed by atoms with Crippen LogP contribution in [-0.2, 0) is 0 Å². The molecule has 0 heterocycles. The Morgan fingerprint density at radius 2 is 1.58 bits per heavy atom. The molecule has 0 radical (unpaired) electrons. The van der Waals surface area contributed by atoms with Crippen molar-refractivity contribution in [3.05, 3.63) is 0 Å². The van der Waals surface area contributed by atoms with Crippen LogP contribution in [0.5, 0.6) is 0 Å². The zero-order valence-electron chi connectivity index (χ0n) is 8.60. The summed E-state index contributed by atoms with van der Waals surface area (Å²) in [5, 5.41) is 0. The maximum atomic E-state index is 2.38. The summed E-state index contributed by atoms with van der Waals surface area (Å²) in [7, 11) is 0. The molecule has 0 atom stereocenters. The SMILES string of the molecule is CC(C)CC12CCC(CC1)CC2. The first-order chi connectivity index (χ1) is 5.70. The van der Waals surface area contributed by atoms with Gasteiger partial charge >= 0.3 is 0 Å². The normalized spacial score (nSPS) is 40.8. The maximum Gasteiger partial charge on any atom is -0.0295 e. The first-order valence-corrected chi connectivity index (χ1v) is 5.70. The van der Waals surface area contributed by atoms with E-state index < -0.39 is 0 Å². The second kappa shape index (κ2) is 3.05. The molecule has 0 aromatic heterocycles. The van der Waals surface area contributed by atoms with Gasteiger partial charge in [-0.25, -0.2) is 0 Å². The first-order valence-electron chi connectivity index (χ1n) is 5.70. The molecule has 0 aliphatic heterocycles. The Kier molecular flexibility index (Phi) is 2.18. The monoisotopic (exact) mass is 166 g/mol. The molecule has 3 fully saturated rings. The van der Waals surface area contributed by atoms with Gasteiger partial charge in [0.2, 0.25) is 0 Å². The lowest BCUT2D eigenvalue weighted by atomic mass is 9.58. The highest BCUT2D eigenvalue weighted by Crippen LogP contribution is 2.53. The van der Waals surface area contributed by atoms with E-state index in [2.05, 4.69) is 13.8 Å². The van der Waals surface area contributed by atoms with Gasteiger partial charge in [-0.1, -0.05) is 13.8 Å². The summed E-state index contributed by atoms with van der Waals surface area (Å²) in [6.45, 7) is 4.77. The third kappa shape index (κ3) is 1.53. The molecule has 0 spiro atoms. The largest absolute Gasteiger partial charge is 0.0628 e. The molecule has 0 heteroatoms. The van der Waals surface area contributed by atoms with Crippen LogP contribution in [0, 0.1) is 17.3 Å². The van der Waals surface area contributed by atoms with Gasteiger partial charge in [-0.15, -0.1) is 0 Å². The Labute approximate surface area is 76.7 Å². The van der Waals surface area contributed by atoms with Gasteiger partial charge in [0.05, 0.1) is 0 Å². The van der Waals surface area contributed by atoms with Crippen LogP contribution in [0.1, 0.15) is 58.8 Å². The topological polar surface area (TPSA) is 0 Å². The van der Waals surface area contributed by atoms with Crippen molar-refractivity contribution in [1.82, 2.24) is 0 Å². The fourth-order valence-corrected chi connectivity index (χ4v) is 3.51. The van der Waals surface area contributed by atoms with Gasteiger partial charge in [0, 0.05) is 0 Å². The third-order valence-electron chi connectivity index (χ3n) is 4.09. The summed E-state index contributed by atoms with van der Waals surface area (Å²) in [5.74, 6) is 2.04. The minimum atomic E-state index is 0.808. The van der Waals surface area contributed by atoms with Crippen LogP contribution in [0.15, 0.2) is 0 Å². The Balaban J connectivity index is 1.99. The van der Waals surface area contributed by atoms with Gasteiger partial charge < -0.3 is 0 Å². The summed E-state index contributed by atoms with van der Waals surface area (Å²) < 4.78 is 0. The van der Waals surface area contributed by atoms with Crippen LogP contribution in [-0.4, -0.2) is 0 Å². The van der Waals surface area contributed by atoms with E-state index in [0.29, 0.717) is 0 Å². The zero-order valence-corrected chi connectivity index (χ0v) is 8.60. The first kappa shape index (κ1) is 8.59. The molecule has 3 rings (SSSR count). The van der Waals surface area contributed by atoms with Crippen LogP contribution < -0.4 is 0 Å². The van der Waals surface area contributed by atoms with E-state index in [-0.39, 0.29) is 0 Å². The molecule has 0 aromatic rings. The van der Waals surface area contributed by atoms with E-state index in [9.17, 15) is 0 Å². The van der Waals surface area contributed by atoms with Crippen molar-refractivity contribution in [2.24, 2.45) is 17.3 Å². The van der Waals surface area contributed by atoms with E-state index in [1.807, 2.05) is 0 Å².